The lowest BCUT2D eigenvalue weighted by molar-refractivity contribution is -0.146. The zero-order valence-electron chi connectivity index (χ0n) is 8.92. The normalized spacial score (nSPS) is 20.2. The predicted molar refractivity (Wildman–Crippen MR) is 60.2 cm³/mol. The molecule has 0 spiro atoms. The van der Waals surface area contributed by atoms with Crippen LogP contribution < -0.4 is 0 Å². The smallest absolute Gasteiger partial charge is 0.337 e. The van der Waals surface area contributed by atoms with E-state index >= 15 is 0 Å². The summed E-state index contributed by atoms with van der Waals surface area (Å²) in [6.07, 6.45) is 1.11. The molecule has 4 heteroatoms. The highest BCUT2D eigenvalue weighted by molar-refractivity contribution is 5.80. The molecule has 0 fully saturated rings. The number of aliphatic hydroxyl groups excluding tert-OH is 1. The summed E-state index contributed by atoms with van der Waals surface area (Å²) in [5, 5.41) is 18.4. The van der Waals surface area contributed by atoms with Crippen LogP contribution in [-0.2, 0) is 4.79 Å². The standard InChI is InChI=1S/C12H13NO3/c1-7-5-6-13-10-8(7)3-2-4-9(10)11(14)12(15)16/h2-4,6-7,11,14H,5H2,1H3,(H,15,16). The van der Waals surface area contributed by atoms with Crippen LogP contribution in [0, 0.1) is 0 Å². The summed E-state index contributed by atoms with van der Waals surface area (Å²) in [6, 6.07) is 5.29. The van der Waals surface area contributed by atoms with Crippen molar-refractivity contribution < 1.29 is 15.0 Å². The van der Waals surface area contributed by atoms with Gasteiger partial charge in [0.15, 0.2) is 6.10 Å². The molecule has 0 radical (unpaired) electrons. The van der Waals surface area contributed by atoms with Crippen LogP contribution >= 0.6 is 0 Å². The second-order valence-electron chi connectivity index (χ2n) is 3.97. The molecule has 16 heavy (non-hydrogen) atoms. The van der Waals surface area contributed by atoms with E-state index in [1.165, 1.54) is 0 Å². The summed E-state index contributed by atoms with van der Waals surface area (Å²) >= 11 is 0. The highest BCUT2D eigenvalue weighted by atomic mass is 16.4. The van der Waals surface area contributed by atoms with Crippen molar-refractivity contribution in [2.24, 2.45) is 4.99 Å². The minimum atomic E-state index is -1.50. The molecule has 1 aliphatic heterocycles. The van der Waals surface area contributed by atoms with E-state index in [0.717, 1.165) is 12.0 Å². The molecule has 2 unspecified atom stereocenters. The zero-order valence-corrected chi connectivity index (χ0v) is 8.92. The van der Waals surface area contributed by atoms with E-state index in [4.69, 9.17) is 5.11 Å². The maximum Gasteiger partial charge on any atom is 0.337 e. The molecule has 1 aromatic rings. The molecule has 4 nitrogen and oxygen atoms in total. The van der Waals surface area contributed by atoms with Crippen molar-refractivity contribution in [3.63, 3.8) is 0 Å². The molecule has 1 heterocycles. The van der Waals surface area contributed by atoms with Gasteiger partial charge in [0, 0.05) is 11.8 Å². The van der Waals surface area contributed by atoms with Crippen LogP contribution in [-0.4, -0.2) is 22.4 Å². The molecular formula is C12H13NO3. The highest BCUT2D eigenvalue weighted by Gasteiger charge is 2.23. The number of benzene rings is 1. The Bertz CT molecular complexity index is 454. The summed E-state index contributed by atoms with van der Waals surface area (Å²) in [6.45, 7) is 2.06. The number of carbonyl (C=O) groups is 1. The third-order valence-electron chi connectivity index (χ3n) is 2.84. The summed E-state index contributed by atoms with van der Waals surface area (Å²) in [5.41, 5.74) is 1.98. The van der Waals surface area contributed by atoms with Crippen molar-refractivity contribution >= 4 is 17.9 Å². The van der Waals surface area contributed by atoms with Gasteiger partial charge in [-0.1, -0.05) is 25.1 Å². The fourth-order valence-corrected chi connectivity index (χ4v) is 1.91. The van der Waals surface area contributed by atoms with E-state index in [1.54, 1.807) is 18.3 Å². The van der Waals surface area contributed by atoms with Gasteiger partial charge in [-0.3, -0.25) is 4.99 Å². The van der Waals surface area contributed by atoms with Crippen molar-refractivity contribution in [2.45, 2.75) is 25.4 Å². The molecule has 1 aliphatic rings. The number of rotatable bonds is 2. The van der Waals surface area contributed by atoms with Crippen LogP contribution in [0.25, 0.3) is 0 Å². The first kappa shape index (κ1) is 10.8. The molecule has 0 bridgehead atoms. The van der Waals surface area contributed by atoms with Gasteiger partial charge in [0.2, 0.25) is 0 Å². The molecular weight excluding hydrogens is 206 g/mol. The van der Waals surface area contributed by atoms with Crippen molar-refractivity contribution in [1.82, 2.24) is 0 Å². The van der Waals surface area contributed by atoms with Crippen molar-refractivity contribution in [3.05, 3.63) is 29.3 Å². The van der Waals surface area contributed by atoms with Crippen LogP contribution in [0.1, 0.15) is 36.5 Å². The number of aliphatic hydroxyl groups is 1. The Morgan fingerprint density at radius 3 is 3.00 bits per heavy atom. The maximum atomic E-state index is 10.8. The van der Waals surface area contributed by atoms with E-state index in [1.807, 2.05) is 6.07 Å². The zero-order chi connectivity index (χ0) is 11.7. The molecule has 0 amide bonds. The van der Waals surface area contributed by atoms with Gasteiger partial charge in [0.1, 0.15) is 0 Å². The van der Waals surface area contributed by atoms with Gasteiger partial charge in [-0.15, -0.1) is 0 Å². The number of carboxylic acids is 1. The Hall–Kier alpha value is -1.68. The van der Waals surface area contributed by atoms with Crippen LogP contribution in [0.2, 0.25) is 0 Å². The topological polar surface area (TPSA) is 69.9 Å². The van der Waals surface area contributed by atoms with Gasteiger partial charge in [0.05, 0.1) is 5.69 Å². The van der Waals surface area contributed by atoms with Crippen LogP contribution in [0.15, 0.2) is 23.2 Å². The van der Waals surface area contributed by atoms with Crippen molar-refractivity contribution in [3.8, 4) is 0 Å². The van der Waals surface area contributed by atoms with E-state index < -0.39 is 12.1 Å². The minimum absolute atomic E-state index is 0.313. The molecule has 0 saturated carbocycles. The Kier molecular flexibility index (Phi) is 2.75. The van der Waals surface area contributed by atoms with Crippen LogP contribution in [0.3, 0.4) is 0 Å². The van der Waals surface area contributed by atoms with E-state index in [9.17, 15) is 9.90 Å². The summed E-state index contributed by atoms with van der Waals surface area (Å²) in [7, 11) is 0. The first-order valence-electron chi connectivity index (χ1n) is 5.17. The Balaban J connectivity index is 2.53. The largest absolute Gasteiger partial charge is 0.479 e. The van der Waals surface area contributed by atoms with Crippen molar-refractivity contribution in [2.75, 3.05) is 0 Å². The SMILES string of the molecule is CC1CC=Nc2c1cccc2C(O)C(=O)O. The Morgan fingerprint density at radius 1 is 1.56 bits per heavy atom. The van der Waals surface area contributed by atoms with E-state index in [0.29, 0.717) is 17.2 Å². The monoisotopic (exact) mass is 219 g/mol. The molecule has 0 aromatic heterocycles. The Morgan fingerprint density at radius 2 is 2.31 bits per heavy atom. The average Bonchev–Trinajstić information content (AvgIpc) is 2.28. The van der Waals surface area contributed by atoms with Gasteiger partial charge in [0.25, 0.3) is 0 Å². The first-order chi connectivity index (χ1) is 7.61. The number of aliphatic carboxylic acids is 1. The molecule has 2 N–H and O–H groups in total. The van der Waals surface area contributed by atoms with Crippen LogP contribution in [0.5, 0.6) is 0 Å². The first-order valence-corrected chi connectivity index (χ1v) is 5.17. The maximum absolute atomic E-state index is 10.8. The number of para-hydroxylation sites is 1. The summed E-state index contributed by atoms with van der Waals surface area (Å²) in [5.74, 6) is -0.935. The fourth-order valence-electron chi connectivity index (χ4n) is 1.91. The number of nitrogens with zero attached hydrogens (tertiary/aromatic N) is 1. The fraction of sp³-hybridized carbons (Fsp3) is 0.333. The molecule has 0 saturated heterocycles. The number of fused-ring (bicyclic) bond motifs is 1. The van der Waals surface area contributed by atoms with Gasteiger partial charge in [-0.2, -0.15) is 0 Å². The molecule has 84 valence electrons. The lowest BCUT2D eigenvalue weighted by Crippen LogP contribution is -2.12. The third-order valence-corrected chi connectivity index (χ3v) is 2.84. The van der Waals surface area contributed by atoms with Gasteiger partial charge in [-0.25, -0.2) is 4.79 Å². The molecule has 1 aromatic carbocycles. The lowest BCUT2D eigenvalue weighted by Gasteiger charge is -2.20. The number of carboxylic acid groups (broad SMARTS) is 1. The van der Waals surface area contributed by atoms with Gasteiger partial charge >= 0.3 is 5.97 Å². The Labute approximate surface area is 93.3 Å². The summed E-state index contributed by atoms with van der Waals surface area (Å²) < 4.78 is 0. The lowest BCUT2D eigenvalue weighted by atomic mass is 9.91. The van der Waals surface area contributed by atoms with Gasteiger partial charge in [-0.05, 0) is 17.9 Å². The van der Waals surface area contributed by atoms with Crippen LogP contribution in [0.4, 0.5) is 5.69 Å². The predicted octanol–water partition coefficient (Wildman–Crippen LogP) is 2.01. The molecule has 2 atom stereocenters. The number of hydrogen-bond acceptors (Lipinski definition) is 3. The van der Waals surface area contributed by atoms with Gasteiger partial charge < -0.3 is 10.2 Å². The molecule has 0 aliphatic carbocycles. The third kappa shape index (κ3) is 1.72. The van der Waals surface area contributed by atoms with E-state index in [-0.39, 0.29) is 0 Å². The second-order valence-corrected chi connectivity index (χ2v) is 3.97. The minimum Gasteiger partial charge on any atom is -0.479 e. The van der Waals surface area contributed by atoms with E-state index in [2.05, 4.69) is 11.9 Å². The average molecular weight is 219 g/mol. The summed E-state index contributed by atoms with van der Waals surface area (Å²) in [4.78, 5) is 15.0. The molecule has 2 rings (SSSR count). The quantitative estimate of drug-likeness (QED) is 0.799. The number of aliphatic imine (C=N–C) groups is 1. The van der Waals surface area contributed by atoms with Crippen molar-refractivity contribution in [1.29, 1.82) is 0 Å². The second kappa shape index (κ2) is 4.06. The highest BCUT2D eigenvalue weighted by Crippen LogP contribution is 2.37. The number of hydrogen-bond donors (Lipinski definition) is 2.